The summed E-state index contributed by atoms with van der Waals surface area (Å²) >= 11 is 1.86. The number of fused-ring (bicyclic) bond motifs is 9. The summed E-state index contributed by atoms with van der Waals surface area (Å²) in [5.41, 5.74) is 18.7. The van der Waals surface area contributed by atoms with Gasteiger partial charge in [-0.25, -0.2) is 0 Å². The molecule has 1 aliphatic rings. The number of anilines is 3. The van der Waals surface area contributed by atoms with Gasteiger partial charge in [-0.3, -0.25) is 0 Å². The fourth-order valence-electron chi connectivity index (χ4n) is 11.6. The monoisotopic (exact) mass is 908 g/mol. The average molecular weight is 909 g/mol. The lowest BCUT2D eigenvalue weighted by molar-refractivity contribution is 0.768. The van der Waals surface area contributed by atoms with Crippen molar-refractivity contribution < 1.29 is 0 Å². The third-order valence-corrected chi connectivity index (χ3v) is 15.8. The molecule has 0 N–H and O–H groups in total. The van der Waals surface area contributed by atoms with Crippen LogP contribution in [0.25, 0.3) is 81.0 Å². The Morgan fingerprint density at radius 3 is 1.53 bits per heavy atom. The van der Waals surface area contributed by atoms with Gasteiger partial charge < -0.3 is 9.47 Å². The molecule has 0 radical (unpaired) electrons. The second kappa shape index (κ2) is 16.2. The Balaban J connectivity index is 0.933. The minimum atomic E-state index is -0.518. The molecule has 2 aromatic heterocycles. The van der Waals surface area contributed by atoms with Gasteiger partial charge in [0.15, 0.2) is 0 Å². The maximum atomic E-state index is 2.47. The topological polar surface area (TPSA) is 8.17 Å². The van der Waals surface area contributed by atoms with Crippen LogP contribution >= 0.6 is 11.3 Å². The number of benzene rings is 11. The number of hydrogen-bond donors (Lipinski definition) is 0. The number of nitrogens with zero attached hydrogens (tertiary/aromatic N) is 2. The van der Waals surface area contributed by atoms with Crippen LogP contribution in [-0.2, 0) is 5.41 Å². The van der Waals surface area contributed by atoms with Gasteiger partial charge in [0.1, 0.15) is 0 Å². The fourth-order valence-corrected chi connectivity index (χ4v) is 12.7. The van der Waals surface area contributed by atoms with Crippen LogP contribution < -0.4 is 4.90 Å². The summed E-state index contributed by atoms with van der Waals surface area (Å²) in [5, 5.41) is 5.15. The molecule has 3 heteroatoms. The zero-order chi connectivity index (χ0) is 46.2. The molecule has 0 spiro atoms. The Morgan fingerprint density at radius 1 is 0.343 bits per heavy atom. The van der Waals surface area contributed by atoms with Crippen molar-refractivity contribution in [2.75, 3.05) is 4.90 Å². The van der Waals surface area contributed by atoms with Crippen LogP contribution in [0.4, 0.5) is 17.1 Å². The van der Waals surface area contributed by atoms with Crippen molar-refractivity contribution in [3.05, 3.63) is 289 Å². The molecule has 1 aliphatic carbocycles. The van der Waals surface area contributed by atoms with E-state index >= 15 is 0 Å². The maximum Gasteiger partial charge on any atom is 0.0714 e. The van der Waals surface area contributed by atoms with Crippen LogP contribution in [0.15, 0.2) is 267 Å². The third kappa shape index (κ3) is 6.19. The Bertz CT molecular complexity index is 4020. The van der Waals surface area contributed by atoms with E-state index < -0.39 is 5.41 Å². The van der Waals surface area contributed by atoms with E-state index in [2.05, 4.69) is 276 Å². The highest BCUT2D eigenvalue weighted by atomic mass is 32.1. The van der Waals surface area contributed by atoms with Crippen molar-refractivity contribution in [2.45, 2.75) is 5.41 Å². The van der Waals surface area contributed by atoms with Gasteiger partial charge in [-0.1, -0.05) is 194 Å². The number of rotatable bonds is 8. The highest BCUT2D eigenvalue weighted by molar-refractivity contribution is 7.25. The van der Waals surface area contributed by atoms with Crippen molar-refractivity contribution in [2.24, 2.45) is 0 Å². The standard InChI is InChI=1S/C67H44N2S/c1-3-18-49(19-4-1)67(50-20-5-2-6-21-50)59-27-11-7-26-57(59)66-60(67)28-16-31-63(66)68(52-40-35-46(36-41-52)48-37-42-65-58(44-48)56-25-10-14-32-64(56)70-65)51-38-33-45(34-39-51)47-17-15-22-53(43-47)69-61-29-12-8-23-54(61)55-24-9-13-30-62(55)69/h1-44H. The highest BCUT2D eigenvalue weighted by Crippen LogP contribution is 2.59. The van der Waals surface area contributed by atoms with E-state index in [1.54, 1.807) is 0 Å². The normalized spacial score (nSPS) is 12.7. The third-order valence-electron chi connectivity index (χ3n) is 14.7. The van der Waals surface area contributed by atoms with Crippen LogP contribution in [0.5, 0.6) is 0 Å². The van der Waals surface area contributed by atoms with E-state index in [1.807, 2.05) is 11.3 Å². The van der Waals surface area contributed by atoms with Crippen molar-refractivity contribution in [3.63, 3.8) is 0 Å². The first-order valence-corrected chi connectivity index (χ1v) is 24.9. The summed E-state index contributed by atoms with van der Waals surface area (Å²) in [4.78, 5) is 2.47. The van der Waals surface area contributed by atoms with Crippen molar-refractivity contribution in [3.8, 4) is 39.1 Å². The van der Waals surface area contributed by atoms with E-state index in [0.717, 1.165) is 28.3 Å². The van der Waals surface area contributed by atoms with Crippen molar-refractivity contribution in [1.29, 1.82) is 0 Å². The molecule has 0 saturated carbocycles. The lowest BCUT2D eigenvalue weighted by Crippen LogP contribution is -2.28. The molecular weight excluding hydrogens is 865 g/mol. The number of aromatic nitrogens is 1. The molecule has 0 saturated heterocycles. The minimum absolute atomic E-state index is 0.518. The number of thiophene rings is 1. The fraction of sp³-hybridized carbons (Fsp3) is 0.0149. The Morgan fingerprint density at radius 2 is 0.857 bits per heavy atom. The SMILES string of the molecule is c1ccc(C2(c3ccccc3)c3ccccc3-c3c(N(c4ccc(-c5cccc(-n6c7ccccc7c7ccccc76)c5)cc4)c4ccc(-c5ccc6sc7ccccc7c6c5)cc4)cccc32)cc1. The number of hydrogen-bond acceptors (Lipinski definition) is 2. The van der Waals surface area contributed by atoms with E-state index in [9.17, 15) is 0 Å². The predicted molar refractivity (Wildman–Crippen MR) is 297 cm³/mol. The van der Waals surface area contributed by atoms with Crippen molar-refractivity contribution in [1.82, 2.24) is 4.57 Å². The Labute approximate surface area is 411 Å². The molecule has 2 nitrogen and oxygen atoms in total. The molecule has 0 amide bonds. The quantitative estimate of drug-likeness (QED) is 0.147. The van der Waals surface area contributed by atoms with Gasteiger partial charge >= 0.3 is 0 Å². The molecule has 0 fully saturated rings. The maximum absolute atomic E-state index is 2.47. The van der Waals surface area contributed by atoms with Gasteiger partial charge in [0.05, 0.1) is 22.1 Å². The molecule has 0 unspecified atom stereocenters. The van der Waals surface area contributed by atoms with Crippen LogP contribution in [0.1, 0.15) is 22.3 Å². The van der Waals surface area contributed by atoms with E-state index in [4.69, 9.17) is 0 Å². The van der Waals surface area contributed by atoms with Crippen LogP contribution in [0.2, 0.25) is 0 Å². The second-order valence-electron chi connectivity index (χ2n) is 18.4. The van der Waals surface area contributed by atoms with Gasteiger partial charge in [-0.2, -0.15) is 0 Å². The molecular formula is C67H44N2S. The van der Waals surface area contributed by atoms with Gasteiger partial charge in [0.2, 0.25) is 0 Å². The molecule has 328 valence electrons. The first-order valence-electron chi connectivity index (χ1n) is 24.1. The number of para-hydroxylation sites is 2. The lowest BCUT2D eigenvalue weighted by atomic mass is 9.68. The summed E-state index contributed by atoms with van der Waals surface area (Å²) < 4.78 is 5.03. The molecule has 70 heavy (non-hydrogen) atoms. The van der Waals surface area contributed by atoms with Gasteiger partial charge in [-0.15, -0.1) is 11.3 Å². The molecule has 0 atom stereocenters. The Kier molecular flexibility index (Phi) is 9.33. The highest BCUT2D eigenvalue weighted by Gasteiger charge is 2.47. The largest absolute Gasteiger partial charge is 0.310 e. The van der Waals surface area contributed by atoms with Crippen LogP contribution in [0.3, 0.4) is 0 Å². The molecule has 0 bridgehead atoms. The molecule has 0 aliphatic heterocycles. The molecule has 2 heterocycles. The molecule has 13 aromatic rings. The van der Waals surface area contributed by atoms with E-state index in [1.165, 1.54) is 92.0 Å². The molecule has 11 aromatic carbocycles. The summed E-state index contributed by atoms with van der Waals surface area (Å²) in [7, 11) is 0. The van der Waals surface area contributed by atoms with Gasteiger partial charge in [0.25, 0.3) is 0 Å². The summed E-state index contributed by atoms with van der Waals surface area (Å²) in [5.74, 6) is 0. The minimum Gasteiger partial charge on any atom is -0.310 e. The van der Waals surface area contributed by atoms with E-state index in [-0.39, 0.29) is 0 Å². The molecule has 14 rings (SSSR count). The lowest BCUT2D eigenvalue weighted by Gasteiger charge is -2.34. The van der Waals surface area contributed by atoms with Gasteiger partial charge in [0, 0.05) is 53.6 Å². The van der Waals surface area contributed by atoms with Gasteiger partial charge in [-0.05, 0) is 123 Å². The first-order chi connectivity index (χ1) is 34.7. The average Bonchev–Trinajstić information content (AvgIpc) is 4.09. The zero-order valence-corrected chi connectivity index (χ0v) is 39.0. The first kappa shape index (κ1) is 40.3. The Hall–Kier alpha value is -8.76. The smallest absolute Gasteiger partial charge is 0.0714 e. The summed E-state index contributed by atoms with van der Waals surface area (Å²) in [6.07, 6.45) is 0. The van der Waals surface area contributed by atoms with E-state index in [0.29, 0.717) is 0 Å². The second-order valence-corrected chi connectivity index (χ2v) is 19.5. The van der Waals surface area contributed by atoms with Crippen LogP contribution in [0, 0.1) is 0 Å². The zero-order valence-electron chi connectivity index (χ0n) is 38.2. The van der Waals surface area contributed by atoms with Crippen LogP contribution in [-0.4, -0.2) is 4.57 Å². The predicted octanol–water partition coefficient (Wildman–Crippen LogP) is 18.3. The summed E-state index contributed by atoms with van der Waals surface area (Å²) in [6.45, 7) is 0. The van der Waals surface area contributed by atoms with Crippen molar-refractivity contribution >= 4 is 70.4 Å². The summed E-state index contributed by atoms with van der Waals surface area (Å²) in [6, 6.07) is 98.6.